The van der Waals surface area contributed by atoms with Crippen LogP contribution in [0.3, 0.4) is 0 Å². The van der Waals surface area contributed by atoms with Gasteiger partial charge in [-0.25, -0.2) is 19.1 Å². The van der Waals surface area contributed by atoms with E-state index in [4.69, 9.17) is 5.11 Å². The second-order valence-electron chi connectivity index (χ2n) is 9.56. The minimum atomic E-state index is -0.858. The van der Waals surface area contributed by atoms with E-state index in [2.05, 4.69) is 11.9 Å². The SMILES string of the molecule is CCCCCCCCCCC1=NCC[N+]1(CC(=O)O)C(O)CC.C[N+](C)(C)CC(=O)O. The Balaban J connectivity index is 0.000000954. The molecule has 3 N–H and O–H groups in total. The predicted octanol–water partition coefficient (Wildman–Crippen LogP) is 3.34. The van der Waals surface area contributed by atoms with Gasteiger partial charge < -0.3 is 19.8 Å². The van der Waals surface area contributed by atoms with Gasteiger partial charge in [0.15, 0.2) is 19.3 Å². The molecule has 0 amide bonds. The lowest BCUT2D eigenvalue weighted by Crippen LogP contribution is -2.60. The van der Waals surface area contributed by atoms with Gasteiger partial charge >= 0.3 is 11.9 Å². The molecule has 0 saturated heterocycles. The lowest BCUT2D eigenvalue weighted by Gasteiger charge is -2.37. The lowest BCUT2D eigenvalue weighted by atomic mass is 10.1. The third kappa shape index (κ3) is 12.8. The number of rotatable bonds is 15. The highest BCUT2D eigenvalue weighted by Crippen LogP contribution is 2.24. The fraction of sp³-hybridized carbons (Fsp3) is 0.870. The van der Waals surface area contributed by atoms with Crippen molar-refractivity contribution < 1.29 is 33.9 Å². The fourth-order valence-electron chi connectivity index (χ4n) is 3.94. The van der Waals surface area contributed by atoms with Crippen molar-refractivity contribution in [3.63, 3.8) is 0 Å². The number of likely N-dealkylation sites (N-methyl/N-ethyl adjacent to an activating group) is 1. The summed E-state index contributed by atoms with van der Waals surface area (Å²) in [5.74, 6) is -0.715. The Morgan fingerprint density at radius 1 is 0.968 bits per heavy atom. The first-order valence-electron chi connectivity index (χ1n) is 11.8. The normalized spacial score (nSPS) is 19.4. The molecule has 1 aliphatic rings. The summed E-state index contributed by atoms with van der Waals surface area (Å²) in [4.78, 5) is 25.8. The number of carboxylic acid groups (broad SMARTS) is 2. The average Bonchev–Trinajstić information content (AvgIpc) is 3.04. The molecule has 0 spiro atoms. The molecule has 0 aliphatic carbocycles. The van der Waals surface area contributed by atoms with E-state index in [-0.39, 0.29) is 17.6 Å². The molecule has 0 bridgehead atoms. The monoisotopic (exact) mass is 445 g/mol. The summed E-state index contributed by atoms with van der Waals surface area (Å²) in [6.07, 6.45) is 10.7. The van der Waals surface area contributed by atoms with Crippen LogP contribution in [-0.4, -0.2) is 95.6 Å². The number of aliphatic hydroxyl groups excluding tert-OH is 1. The highest BCUT2D eigenvalue weighted by molar-refractivity contribution is 5.80. The van der Waals surface area contributed by atoms with Crippen LogP contribution < -0.4 is 0 Å². The van der Waals surface area contributed by atoms with Gasteiger partial charge in [0.25, 0.3) is 0 Å². The maximum Gasteiger partial charge on any atom is 0.359 e. The van der Waals surface area contributed by atoms with Crippen molar-refractivity contribution in [3.05, 3.63) is 0 Å². The van der Waals surface area contributed by atoms with Crippen LogP contribution in [0.2, 0.25) is 0 Å². The summed E-state index contributed by atoms with van der Waals surface area (Å²) in [5, 5.41) is 27.8. The quantitative estimate of drug-likeness (QED) is 0.265. The molecule has 2 atom stereocenters. The number of aliphatic hydroxyl groups is 1. The van der Waals surface area contributed by atoms with Crippen molar-refractivity contribution in [2.75, 3.05) is 47.3 Å². The van der Waals surface area contributed by atoms with Crippen molar-refractivity contribution in [2.45, 2.75) is 84.3 Å². The predicted molar refractivity (Wildman–Crippen MR) is 124 cm³/mol. The van der Waals surface area contributed by atoms with Gasteiger partial charge in [-0.05, 0) is 6.42 Å². The zero-order chi connectivity index (χ0) is 23.9. The van der Waals surface area contributed by atoms with Gasteiger partial charge in [-0.2, -0.15) is 0 Å². The van der Waals surface area contributed by atoms with Gasteiger partial charge in [0.1, 0.15) is 6.54 Å². The van der Waals surface area contributed by atoms with Gasteiger partial charge in [0.05, 0.1) is 27.7 Å². The van der Waals surface area contributed by atoms with Crippen LogP contribution in [0.4, 0.5) is 0 Å². The number of hydrogen-bond acceptors (Lipinski definition) is 4. The van der Waals surface area contributed by atoms with Gasteiger partial charge in [-0.15, -0.1) is 0 Å². The number of carboxylic acids is 2. The lowest BCUT2D eigenvalue weighted by molar-refractivity contribution is -0.879. The van der Waals surface area contributed by atoms with Crippen molar-refractivity contribution in [1.82, 2.24) is 0 Å². The van der Waals surface area contributed by atoms with Crippen LogP contribution in [0.15, 0.2) is 4.99 Å². The molecule has 0 aromatic heterocycles. The van der Waals surface area contributed by atoms with E-state index in [0.29, 0.717) is 24.0 Å². The van der Waals surface area contributed by atoms with Crippen LogP contribution >= 0.6 is 0 Å². The molecule has 0 saturated carbocycles. The zero-order valence-corrected chi connectivity index (χ0v) is 20.5. The van der Waals surface area contributed by atoms with E-state index < -0.39 is 18.2 Å². The van der Waals surface area contributed by atoms with Crippen molar-refractivity contribution >= 4 is 17.8 Å². The number of amidine groups is 1. The Hall–Kier alpha value is -1.51. The molecule has 31 heavy (non-hydrogen) atoms. The molecular formula is C23H47N3O5+2. The van der Waals surface area contributed by atoms with Crippen molar-refractivity contribution in [3.8, 4) is 0 Å². The van der Waals surface area contributed by atoms with Gasteiger partial charge in [0, 0.05) is 12.8 Å². The highest BCUT2D eigenvalue weighted by atomic mass is 16.4. The Bertz CT molecular complexity index is 560. The van der Waals surface area contributed by atoms with Crippen LogP contribution in [0.1, 0.15) is 78.1 Å². The largest absolute Gasteiger partial charge is 0.477 e. The molecule has 1 heterocycles. The standard InChI is InChI=1S/C18H34N2O3.C5H11NO2/c1-3-5-6-7-8-9-10-11-12-16-19-13-14-20(16,15-18(22)23)17(21)4-2;1-6(2,3)4-5(7)8/h17,21H,3-15H2,1-2H3;4H2,1-3H3/p+2. The molecule has 0 fully saturated rings. The number of hydrogen-bond donors (Lipinski definition) is 3. The first-order chi connectivity index (χ1) is 14.5. The first-order valence-corrected chi connectivity index (χ1v) is 11.8. The van der Waals surface area contributed by atoms with E-state index in [1.54, 1.807) is 0 Å². The molecule has 0 aromatic carbocycles. The smallest absolute Gasteiger partial charge is 0.359 e. The number of nitrogens with zero attached hydrogens (tertiary/aromatic N) is 3. The molecule has 182 valence electrons. The van der Waals surface area contributed by atoms with E-state index in [0.717, 1.165) is 18.7 Å². The van der Waals surface area contributed by atoms with Gasteiger partial charge in [-0.1, -0.05) is 58.8 Å². The van der Waals surface area contributed by atoms with E-state index in [1.807, 2.05) is 28.1 Å². The van der Waals surface area contributed by atoms with Gasteiger partial charge in [0.2, 0.25) is 5.84 Å². The van der Waals surface area contributed by atoms with Crippen LogP contribution in [0.5, 0.6) is 0 Å². The van der Waals surface area contributed by atoms with Crippen LogP contribution in [-0.2, 0) is 9.59 Å². The molecular weight excluding hydrogens is 398 g/mol. The van der Waals surface area contributed by atoms with E-state index in [9.17, 15) is 19.8 Å². The number of carbonyl (C=O) groups is 2. The summed E-state index contributed by atoms with van der Waals surface area (Å²) in [6.45, 7) is 5.52. The highest BCUT2D eigenvalue weighted by Gasteiger charge is 2.44. The van der Waals surface area contributed by atoms with E-state index >= 15 is 0 Å². The zero-order valence-electron chi connectivity index (χ0n) is 20.5. The number of aliphatic imine (C=N–C) groups is 1. The molecule has 1 aliphatic heterocycles. The maximum absolute atomic E-state index is 11.2. The third-order valence-corrected chi connectivity index (χ3v) is 5.52. The Kier molecular flexibility index (Phi) is 14.6. The molecule has 0 radical (unpaired) electrons. The van der Waals surface area contributed by atoms with Crippen LogP contribution in [0, 0.1) is 0 Å². The number of quaternary nitrogens is 2. The summed E-state index contributed by atoms with van der Waals surface area (Å²) >= 11 is 0. The number of aliphatic carboxylic acids is 2. The molecule has 2 unspecified atom stereocenters. The van der Waals surface area contributed by atoms with Crippen molar-refractivity contribution in [1.29, 1.82) is 0 Å². The molecule has 0 aromatic rings. The van der Waals surface area contributed by atoms with Gasteiger partial charge in [-0.3, -0.25) is 0 Å². The first kappa shape index (κ1) is 29.5. The summed E-state index contributed by atoms with van der Waals surface area (Å²) in [5.41, 5.74) is 0. The maximum atomic E-state index is 11.2. The minimum Gasteiger partial charge on any atom is -0.477 e. The second-order valence-corrected chi connectivity index (χ2v) is 9.56. The van der Waals surface area contributed by atoms with E-state index in [1.165, 1.54) is 44.9 Å². The average molecular weight is 446 g/mol. The minimum absolute atomic E-state index is 0.0507. The summed E-state index contributed by atoms with van der Waals surface area (Å²) in [7, 11) is 5.52. The molecule has 8 nitrogen and oxygen atoms in total. The summed E-state index contributed by atoms with van der Waals surface area (Å²) in [6, 6.07) is 0. The Morgan fingerprint density at radius 2 is 1.52 bits per heavy atom. The fourth-order valence-corrected chi connectivity index (χ4v) is 3.94. The Labute approximate surface area is 188 Å². The topological polar surface area (TPSA) is 107 Å². The molecule has 8 heteroatoms. The Morgan fingerprint density at radius 3 is 1.94 bits per heavy atom. The van der Waals surface area contributed by atoms with Crippen LogP contribution in [0.25, 0.3) is 0 Å². The molecule has 1 rings (SSSR count). The van der Waals surface area contributed by atoms with Crippen molar-refractivity contribution in [2.24, 2.45) is 4.99 Å². The third-order valence-electron chi connectivity index (χ3n) is 5.52. The number of unbranched alkanes of at least 4 members (excludes halogenated alkanes) is 7. The second kappa shape index (κ2) is 15.3. The summed E-state index contributed by atoms with van der Waals surface area (Å²) < 4.78 is 0.637.